The van der Waals surface area contributed by atoms with Crippen LogP contribution in [0.2, 0.25) is 0 Å². The van der Waals surface area contributed by atoms with Crippen LogP contribution in [-0.2, 0) is 6.18 Å². The van der Waals surface area contributed by atoms with Crippen molar-refractivity contribution in [3.63, 3.8) is 0 Å². The number of alkyl halides is 4. The fourth-order valence-electron chi connectivity index (χ4n) is 2.36. The van der Waals surface area contributed by atoms with E-state index < -0.39 is 11.7 Å². The summed E-state index contributed by atoms with van der Waals surface area (Å²) in [5, 5.41) is 0. The van der Waals surface area contributed by atoms with Crippen molar-refractivity contribution < 1.29 is 13.2 Å². The van der Waals surface area contributed by atoms with Gasteiger partial charge in [-0.3, -0.25) is 0 Å². The Balaban J connectivity index is 2.19. The third-order valence-corrected chi connectivity index (χ3v) is 3.78. The van der Waals surface area contributed by atoms with Gasteiger partial charge in [0.05, 0.1) is 5.56 Å². The number of aromatic nitrogens is 1. The molecular weight excluding hydrogens is 277 g/mol. The standard InChI is InChI=1S/C13H16ClF3N2/c14-8-11-4-2-1-3-7-19(11)12-6-5-10(9-18-12)13(15,16)17/h5-6,9,11H,1-4,7-8H2. The first kappa shape index (κ1) is 14.4. The molecule has 1 fully saturated rings. The van der Waals surface area contributed by atoms with Crippen LogP contribution in [0.5, 0.6) is 0 Å². The molecule has 0 spiro atoms. The number of nitrogens with zero attached hydrogens (tertiary/aromatic N) is 2. The van der Waals surface area contributed by atoms with Crippen LogP contribution < -0.4 is 4.90 Å². The van der Waals surface area contributed by atoms with Crippen molar-refractivity contribution in [1.82, 2.24) is 4.98 Å². The first-order chi connectivity index (χ1) is 9.02. The minimum Gasteiger partial charge on any atom is -0.352 e. The molecule has 0 aromatic carbocycles. The van der Waals surface area contributed by atoms with E-state index in [0.717, 1.165) is 44.5 Å². The summed E-state index contributed by atoms with van der Waals surface area (Å²) >= 11 is 5.95. The number of halogens is 4. The summed E-state index contributed by atoms with van der Waals surface area (Å²) in [7, 11) is 0. The highest BCUT2D eigenvalue weighted by atomic mass is 35.5. The van der Waals surface area contributed by atoms with Crippen LogP contribution >= 0.6 is 11.6 Å². The van der Waals surface area contributed by atoms with Gasteiger partial charge in [0.15, 0.2) is 0 Å². The second-order valence-corrected chi connectivity index (χ2v) is 5.06. The van der Waals surface area contributed by atoms with Crippen molar-refractivity contribution in [2.45, 2.75) is 37.9 Å². The Labute approximate surface area is 115 Å². The van der Waals surface area contributed by atoms with Crippen LogP contribution in [0.15, 0.2) is 18.3 Å². The zero-order chi connectivity index (χ0) is 13.9. The molecule has 0 bridgehead atoms. The highest BCUT2D eigenvalue weighted by Gasteiger charge is 2.31. The molecule has 0 N–H and O–H groups in total. The average molecular weight is 293 g/mol. The molecule has 1 atom stereocenters. The molecule has 6 heteroatoms. The van der Waals surface area contributed by atoms with Gasteiger partial charge in [-0.05, 0) is 25.0 Å². The zero-order valence-corrected chi connectivity index (χ0v) is 11.2. The monoisotopic (exact) mass is 292 g/mol. The highest BCUT2D eigenvalue weighted by Crippen LogP contribution is 2.30. The minimum atomic E-state index is -4.34. The van der Waals surface area contributed by atoms with Crippen LogP contribution in [0.1, 0.15) is 31.2 Å². The summed E-state index contributed by atoms with van der Waals surface area (Å²) in [6.07, 6.45) is 0.781. The highest BCUT2D eigenvalue weighted by molar-refractivity contribution is 6.18. The van der Waals surface area contributed by atoms with Gasteiger partial charge in [0.2, 0.25) is 0 Å². The van der Waals surface area contributed by atoms with Crippen LogP contribution in [0.3, 0.4) is 0 Å². The first-order valence-corrected chi connectivity index (χ1v) is 6.91. The van der Waals surface area contributed by atoms with E-state index in [1.54, 1.807) is 0 Å². The Morgan fingerprint density at radius 3 is 2.63 bits per heavy atom. The normalized spacial score (nSPS) is 21.3. The molecule has 1 aromatic rings. The maximum absolute atomic E-state index is 12.5. The SMILES string of the molecule is FC(F)(F)c1ccc(N2CCCCCC2CCl)nc1. The van der Waals surface area contributed by atoms with E-state index in [0.29, 0.717) is 11.7 Å². The number of hydrogen-bond acceptors (Lipinski definition) is 2. The summed E-state index contributed by atoms with van der Waals surface area (Å²) in [6.45, 7) is 0.801. The number of pyridine rings is 1. The molecular formula is C13H16ClF3N2. The number of rotatable bonds is 2. The van der Waals surface area contributed by atoms with E-state index in [9.17, 15) is 13.2 Å². The van der Waals surface area contributed by atoms with E-state index in [4.69, 9.17) is 11.6 Å². The fraction of sp³-hybridized carbons (Fsp3) is 0.615. The van der Waals surface area contributed by atoms with Gasteiger partial charge < -0.3 is 4.90 Å². The average Bonchev–Trinajstić information content (AvgIpc) is 2.62. The van der Waals surface area contributed by atoms with E-state index in [1.807, 2.05) is 4.90 Å². The Morgan fingerprint density at radius 2 is 2.05 bits per heavy atom. The summed E-state index contributed by atoms with van der Waals surface area (Å²) in [4.78, 5) is 5.98. The molecule has 1 saturated heterocycles. The summed E-state index contributed by atoms with van der Waals surface area (Å²) in [6, 6.07) is 2.68. The second-order valence-electron chi connectivity index (χ2n) is 4.75. The van der Waals surface area contributed by atoms with Gasteiger partial charge >= 0.3 is 6.18 Å². The predicted octanol–water partition coefficient (Wildman–Crippen LogP) is 4.09. The molecule has 1 aliphatic rings. The van der Waals surface area contributed by atoms with Gasteiger partial charge in [0.25, 0.3) is 0 Å². The predicted molar refractivity (Wildman–Crippen MR) is 69.6 cm³/mol. The van der Waals surface area contributed by atoms with Crippen LogP contribution in [0, 0.1) is 0 Å². The lowest BCUT2D eigenvalue weighted by molar-refractivity contribution is -0.137. The molecule has 2 heterocycles. The second kappa shape index (κ2) is 5.99. The van der Waals surface area contributed by atoms with Crippen molar-refractivity contribution in [1.29, 1.82) is 0 Å². The van der Waals surface area contributed by atoms with Crippen molar-refractivity contribution in [3.05, 3.63) is 23.9 Å². The molecule has 0 radical (unpaired) electrons. The smallest absolute Gasteiger partial charge is 0.352 e. The van der Waals surface area contributed by atoms with Gasteiger partial charge in [-0.25, -0.2) is 4.98 Å². The summed E-state index contributed by atoms with van der Waals surface area (Å²) < 4.78 is 37.5. The molecule has 19 heavy (non-hydrogen) atoms. The molecule has 0 saturated carbocycles. The molecule has 1 aromatic heterocycles. The van der Waals surface area contributed by atoms with Gasteiger partial charge in [-0.15, -0.1) is 11.6 Å². The van der Waals surface area contributed by atoms with Crippen LogP contribution in [-0.4, -0.2) is 23.5 Å². The quantitative estimate of drug-likeness (QED) is 0.763. The molecule has 2 nitrogen and oxygen atoms in total. The van der Waals surface area contributed by atoms with Gasteiger partial charge in [-0.1, -0.05) is 12.8 Å². The third-order valence-electron chi connectivity index (χ3n) is 3.42. The van der Waals surface area contributed by atoms with Crippen molar-refractivity contribution >= 4 is 17.4 Å². The van der Waals surface area contributed by atoms with Gasteiger partial charge in [0.1, 0.15) is 5.82 Å². The van der Waals surface area contributed by atoms with E-state index >= 15 is 0 Å². The minimum absolute atomic E-state index is 0.161. The molecule has 1 aliphatic heterocycles. The maximum atomic E-state index is 12.5. The molecule has 0 aliphatic carbocycles. The third kappa shape index (κ3) is 3.53. The molecule has 1 unspecified atom stereocenters. The molecule has 106 valence electrons. The maximum Gasteiger partial charge on any atom is 0.417 e. The van der Waals surface area contributed by atoms with Crippen molar-refractivity contribution in [2.75, 3.05) is 17.3 Å². The fourth-order valence-corrected chi connectivity index (χ4v) is 2.68. The van der Waals surface area contributed by atoms with Crippen LogP contribution in [0.4, 0.5) is 19.0 Å². The lowest BCUT2D eigenvalue weighted by Crippen LogP contribution is -2.36. The lowest BCUT2D eigenvalue weighted by Gasteiger charge is -2.29. The van der Waals surface area contributed by atoms with Gasteiger partial charge in [-0.2, -0.15) is 13.2 Å². The Bertz CT molecular complexity index is 405. The number of anilines is 1. The topological polar surface area (TPSA) is 16.1 Å². The molecule has 0 amide bonds. The van der Waals surface area contributed by atoms with Crippen molar-refractivity contribution in [2.24, 2.45) is 0 Å². The van der Waals surface area contributed by atoms with Crippen LogP contribution in [0.25, 0.3) is 0 Å². The van der Waals surface area contributed by atoms with Crippen molar-refractivity contribution in [3.8, 4) is 0 Å². The Morgan fingerprint density at radius 1 is 1.26 bits per heavy atom. The van der Waals surface area contributed by atoms with E-state index in [-0.39, 0.29) is 6.04 Å². The number of hydrogen-bond donors (Lipinski definition) is 0. The van der Waals surface area contributed by atoms with E-state index in [1.165, 1.54) is 6.07 Å². The molecule has 2 rings (SSSR count). The first-order valence-electron chi connectivity index (χ1n) is 6.38. The zero-order valence-electron chi connectivity index (χ0n) is 10.5. The summed E-state index contributed by atoms with van der Waals surface area (Å²) in [5.41, 5.74) is -0.714. The lowest BCUT2D eigenvalue weighted by atomic mass is 10.1. The van der Waals surface area contributed by atoms with Gasteiger partial charge in [0, 0.05) is 24.7 Å². The Kier molecular flexibility index (Phi) is 4.55. The van der Waals surface area contributed by atoms with E-state index in [2.05, 4.69) is 4.98 Å². The summed E-state index contributed by atoms with van der Waals surface area (Å²) in [5.74, 6) is 1.06. The Hall–Kier alpha value is -0.970. The largest absolute Gasteiger partial charge is 0.417 e.